The molecule has 0 atom stereocenters. The van der Waals surface area contributed by atoms with Crippen molar-refractivity contribution < 1.29 is 13.6 Å². The quantitative estimate of drug-likeness (QED) is 0.871. The summed E-state index contributed by atoms with van der Waals surface area (Å²) in [5, 5.41) is 6.06. The fraction of sp³-hybridized carbons (Fsp3) is 0.167. The average molecular weight is 266 g/mol. The first-order valence-electron chi connectivity index (χ1n) is 5.44. The largest absolute Gasteiger partial charge is 0.396 e. The van der Waals surface area contributed by atoms with E-state index in [4.69, 9.17) is 5.73 Å². The number of nitrogens with zero attached hydrogens (tertiary/aromatic N) is 2. The summed E-state index contributed by atoms with van der Waals surface area (Å²) < 4.78 is 28.2. The first-order chi connectivity index (χ1) is 8.90. The summed E-state index contributed by atoms with van der Waals surface area (Å²) in [6.07, 6.45) is 1.31. The van der Waals surface area contributed by atoms with Gasteiger partial charge in [-0.1, -0.05) is 0 Å². The van der Waals surface area contributed by atoms with Crippen molar-refractivity contribution in [1.29, 1.82) is 0 Å². The van der Waals surface area contributed by atoms with Gasteiger partial charge in [-0.3, -0.25) is 9.48 Å². The van der Waals surface area contributed by atoms with Gasteiger partial charge in [0.25, 0.3) is 5.91 Å². The number of carbonyl (C=O) groups excluding carboxylic acids is 1. The Labute approximate surface area is 108 Å². The molecule has 0 fully saturated rings. The molecule has 1 amide bonds. The Morgan fingerprint density at radius 2 is 2.05 bits per heavy atom. The van der Waals surface area contributed by atoms with E-state index in [2.05, 4.69) is 10.4 Å². The van der Waals surface area contributed by atoms with Gasteiger partial charge in [-0.05, 0) is 18.6 Å². The summed E-state index contributed by atoms with van der Waals surface area (Å²) >= 11 is 0. The van der Waals surface area contributed by atoms with Gasteiger partial charge in [0.1, 0.15) is 17.3 Å². The van der Waals surface area contributed by atoms with Gasteiger partial charge in [0, 0.05) is 13.1 Å². The Morgan fingerprint density at radius 3 is 2.63 bits per heavy atom. The third-order valence-corrected chi connectivity index (χ3v) is 2.68. The number of hydrogen-bond acceptors (Lipinski definition) is 3. The number of carbonyl (C=O) groups is 1. The molecule has 1 heterocycles. The number of halogens is 2. The third kappa shape index (κ3) is 2.40. The van der Waals surface area contributed by atoms with E-state index in [-0.39, 0.29) is 22.6 Å². The Balaban J connectivity index is 2.32. The minimum atomic E-state index is -0.715. The number of nitrogen functional groups attached to an aromatic ring is 1. The molecule has 0 radical (unpaired) electrons. The number of nitrogens with one attached hydrogen (secondary N) is 1. The molecule has 0 saturated heterocycles. The highest BCUT2D eigenvalue weighted by Gasteiger charge is 2.17. The average Bonchev–Trinajstić information content (AvgIpc) is 2.66. The summed E-state index contributed by atoms with van der Waals surface area (Å²) in [7, 11) is 1.53. The second-order valence-electron chi connectivity index (χ2n) is 4.11. The van der Waals surface area contributed by atoms with Crippen LogP contribution in [0, 0.1) is 18.6 Å². The fourth-order valence-corrected chi connectivity index (χ4v) is 1.66. The van der Waals surface area contributed by atoms with Crippen LogP contribution in [0.15, 0.2) is 18.3 Å². The lowest BCUT2D eigenvalue weighted by Crippen LogP contribution is -2.18. The van der Waals surface area contributed by atoms with E-state index < -0.39 is 17.5 Å². The number of benzene rings is 1. The first-order valence-corrected chi connectivity index (χ1v) is 5.44. The predicted octanol–water partition coefficient (Wildman–Crippen LogP) is 1.84. The molecule has 100 valence electrons. The molecule has 2 aromatic rings. The van der Waals surface area contributed by atoms with E-state index in [1.807, 2.05) is 0 Å². The molecule has 0 spiro atoms. The zero-order valence-electron chi connectivity index (χ0n) is 10.4. The Kier molecular flexibility index (Phi) is 3.20. The lowest BCUT2D eigenvalue weighted by molar-refractivity contribution is 0.101. The van der Waals surface area contributed by atoms with Gasteiger partial charge in [-0.25, -0.2) is 8.78 Å². The number of anilines is 2. The van der Waals surface area contributed by atoms with Crippen LogP contribution < -0.4 is 11.1 Å². The lowest BCUT2D eigenvalue weighted by Gasteiger charge is -2.08. The van der Waals surface area contributed by atoms with Gasteiger partial charge in [0.15, 0.2) is 0 Å². The highest BCUT2D eigenvalue weighted by atomic mass is 19.1. The first kappa shape index (κ1) is 13.0. The lowest BCUT2D eigenvalue weighted by atomic mass is 10.2. The number of aryl methyl sites for hydroxylation is 2. The van der Waals surface area contributed by atoms with Crippen molar-refractivity contribution in [2.75, 3.05) is 11.1 Å². The second-order valence-corrected chi connectivity index (χ2v) is 4.11. The summed E-state index contributed by atoms with van der Waals surface area (Å²) in [5.41, 5.74) is 5.74. The molecule has 0 aliphatic carbocycles. The van der Waals surface area contributed by atoms with Crippen LogP contribution in [0.5, 0.6) is 0 Å². The molecule has 0 unspecified atom stereocenters. The normalized spacial score (nSPS) is 10.5. The molecule has 0 aliphatic heterocycles. The zero-order valence-corrected chi connectivity index (χ0v) is 10.4. The molecule has 2 rings (SSSR count). The van der Waals surface area contributed by atoms with Crippen molar-refractivity contribution in [2.24, 2.45) is 7.05 Å². The van der Waals surface area contributed by atoms with Crippen LogP contribution in [0.3, 0.4) is 0 Å². The molecule has 0 saturated carbocycles. The molecular weight excluding hydrogens is 254 g/mol. The maximum absolute atomic E-state index is 13.6. The van der Waals surface area contributed by atoms with E-state index in [1.165, 1.54) is 24.9 Å². The maximum Gasteiger partial charge on any atom is 0.276 e. The Hall–Kier alpha value is -2.44. The van der Waals surface area contributed by atoms with Crippen molar-refractivity contribution in [3.8, 4) is 0 Å². The Morgan fingerprint density at radius 1 is 1.37 bits per heavy atom. The van der Waals surface area contributed by atoms with Crippen LogP contribution in [-0.4, -0.2) is 15.7 Å². The number of hydrogen-bond donors (Lipinski definition) is 2. The van der Waals surface area contributed by atoms with Crippen molar-refractivity contribution in [3.05, 3.63) is 41.2 Å². The SMILES string of the molecule is Cc1cc(F)c(NC(=O)c2c(N)cnn2C)cc1F. The molecule has 0 aliphatic rings. The standard InChI is InChI=1S/C12H12F2N4O/c1-6-3-8(14)10(4-7(6)13)17-12(19)11-9(15)5-16-18(11)2/h3-5H,15H2,1-2H3,(H,17,19). The Bertz CT molecular complexity index is 632. The molecule has 7 heteroatoms. The van der Waals surface area contributed by atoms with E-state index in [9.17, 15) is 13.6 Å². The van der Waals surface area contributed by atoms with Crippen LogP contribution in [-0.2, 0) is 7.05 Å². The fourth-order valence-electron chi connectivity index (χ4n) is 1.66. The molecule has 19 heavy (non-hydrogen) atoms. The van der Waals surface area contributed by atoms with Crippen LogP contribution in [0.2, 0.25) is 0 Å². The minimum Gasteiger partial charge on any atom is -0.396 e. The molecule has 1 aromatic carbocycles. The summed E-state index contributed by atoms with van der Waals surface area (Å²) in [5.74, 6) is -1.97. The number of aromatic nitrogens is 2. The topological polar surface area (TPSA) is 72.9 Å². The van der Waals surface area contributed by atoms with E-state index >= 15 is 0 Å². The van der Waals surface area contributed by atoms with Gasteiger partial charge < -0.3 is 11.1 Å². The monoisotopic (exact) mass is 266 g/mol. The second kappa shape index (κ2) is 4.68. The maximum atomic E-state index is 13.6. The van der Waals surface area contributed by atoms with E-state index in [1.54, 1.807) is 0 Å². The molecule has 3 N–H and O–H groups in total. The van der Waals surface area contributed by atoms with Gasteiger partial charge >= 0.3 is 0 Å². The smallest absolute Gasteiger partial charge is 0.276 e. The highest BCUT2D eigenvalue weighted by molar-refractivity contribution is 6.06. The van der Waals surface area contributed by atoms with Gasteiger partial charge in [0.2, 0.25) is 0 Å². The van der Waals surface area contributed by atoms with Gasteiger partial charge in [-0.2, -0.15) is 5.10 Å². The number of amides is 1. The molecule has 1 aromatic heterocycles. The molecule has 0 bridgehead atoms. The van der Waals surface area contributed by atoms with Crippen LogP contribution in [0.25, 0.3) is 0 Å². The highest BCUT2D eigenvalue weighted by Crippen LogP contribution is 2.20. The third-order valence-electron chi connectivity index (χ3n) is 2.68. The number of rotatable bonds is 2. The molecule has 5 nitrogen and oxygen atoms in total. The van der Waals surface area contributed by atoms with E-state index in [0.29, 0.717) is 0 Å². The van der Waals surface area contributed by atoms with Crippen LogP contribution in [0.4, 0.5) is 20.2 Å². The summed E-state index contributed by atoms with van der Waals surface area (Å²) in [4.78, 5) is 11.9. The summed E-state index contributed by atoms with van der Waals surface area (Å²) in [6, 6.07) is 1.94. The van der Waals surface area contributed by atoms with Gasteiger partial charge in [0.05, 0.1) is 17.6 Å². The molecular formula is C12H12F2N4O. The van der Waals surface area contributed by atoms with Crippen molar-refractivity contribution in [2.45, 2.75) is 6.92 Å². The number of nitrogens with two attached hydrogens (primary N) is 1. The van der Waals surface area contributed by atoms with Crippen molar-refractivity contribution in [3.63, 3.8) is 0 Å². The van der Waals surface area contributed by atoms with Crippen LogP contribution in [0.1, 0.15) is 16.1 Å². The van der Waals surface area contributed by atoms with Gasteiger partial charge in [-0.15, -0.1) is 0 Å². The van der Waals surface area contributed by atoms with Crippen molar-refractivity contribution >= 4 is 17.3 Å². The summed E-state index contributed by atoms with van der Waals surface area (Å²) in [6.45, 7) is 1.43. The minimum absolute atomic E-state index is 0.0837. The van der Waals surface area contributed by atoms with Crippen LogP contribution >= 0.6 is 0 Å². The predicted molar refractivity (Wildman–Crippen MR) is 66.7 cm³/mol. The van der Waals surface area contributed by atoms with Crippen molar-refractivity contribution in [1.82, 2.24) is 9.78 Å². The van der Waals surface area contributed by atoms with E-state index in [0.717, 1.165) is 12.1 Å². The zero-order chi connectivity index (χ0) is 14.2.